The molecule has 0 amide bonds. The number of hydrogen-bond acceptors (Lipinski definition) is 2. The lowest BCUT2D eigenvalue weighted by Gasteiger charge is -2.17. The van der Waals surface area contributed by atoms with E-state index in [-0.39, 0.29) is 11.9 Å². The molecule has 0 aliphatic rings. The van der Waals surface area contributed by atoms with Gasteiger partial charge in [0.1, 0.15) is 6.10 Å². The van der Waals surface area contributed by atoms with Gasteiger partial charge in [-0.05, 0) is 36.3 Å². The van der Waals surface area contributed by atoms with Crippen molar-refractivity contribution in [3.63, 3.8) is 0 Å². The molecule has 1 rings (SSSR count). The normalized spacial score (nSPS) is 12.7. The van der Waals surface area contributed by atoms with Crippen LogP contribution in [0.15, 0.2) is 24.3 Å². The van der Waals surface area contributed by atoms with Crippen molar-refractivity contribution >= 4 is 5.78 Å². The minimum Gasteiger partial charge on any atom is -0.366 e. The summed E-state index contributed by atoms with van der Waals surface area (Å²) in [5.41, 5.74) is 2.31. The first-order valence-corrected chi connectivity index (χ1v) is 7.81. The zero-order valence-electron chi connectivity index (χ0n) is 13.3. The van der Waals surface area contributed by atoms with Crippen molar-refractivity contribution in [3.05, 3.63) is 35.4 Å². The van der Waals surface area contributed by atoms with E-state index in [0.29, 0.717) is 18.9 Å². The first kappa shape index (κ1) is 16.9. The second kappa shape index (κ2) is 8.91. The maximum absolute atomic E-state index is 12.2. The zero-order chi connectivity index (χ0) is 15.0. The molecule has 0 aliphatic carbocycles. The Bertz CT molecular complexity index is 392. The van der Waals surface area contributed by atoms with Crippen LogP contribution in [-0.2, 0) is 16.0 Å². The third-order valence-corrected chi connectivity index (χ3v) is 3.20. The highest BCUT2D eigenvalue weighted by molar-refractivity contribution is 5.84. The molecule has 0 fully saturated rings. The lowest BCUT2D eigenvalue weighted by atomic mass is 9.98. The molecule has 0 N–H and O–H groups in total. The van der Waals surface area contributed by atoms with E-state index >= 15 is 0 Å². The summed E-state index contributed by atoms with van der Waals surface area (Å²) in [4.78, 5) is 12.2. The molecule has 20 heavy (non-hydrogen) atoms. The number of rotatable bonds is 9. The Hall–Kier alpha value is -1.15. The molecule has 1 aromatic rings. The topological polar surface area (TPSA) is 26.3 Å². The predicted molar refractivity (Wildman–Crippen MR) is 83.9 cm³/mol. The average Bonchev–Trinajstić information content (AvgIpc) is 2.40. The van der Waals surface area contributed by atoms with Gasteiger partial charge in [0, 0.05) is 13.0 Å². The van der Waals surface area contributed by atoms with E-state index in [0.717, 1.165) is 24.8 Å². The number of benzene rings is 1. The third kappa shape index (κ3) is 5.46. The molecule has 0 radical (unpaired) electrons. The van der Waals surface area contributed by atoms with Crippen molar-refractivity contribution in [3.8, 4) is 0 Å². The second-order valence-electron chi connectivity index (χ2n) is 5.81. The van der Waals surface area contributed by atoms with Gasteiger partial charge in [0.2, 0.25) is 0 Å². The van der Waals surface area contributed by atoms with Crippen LogP contribution in [0.3, 0.4) is 0 Å². The van der Waals surface area contributed by atoms with Gasteiger partial charge in [0.15, 0.2) is 5.78 Å². The zero-order valence-corrected chi connectivity index (χ0v) is 13.3. The van der Waals surface area contributed by atoms with Crippen LogP contribution < -0.4 is 0 Å². The van der Waals surface area contributed by atoms with Crippen molar-refractivity contribution < 1.29 is 9.53 Å². The van der Waals surface area contributed by atoms with Crippen molar-refractivity contribution in [2.45, 2.75) is 59.5 Å². The minimum absolute atomic E-state index is 0.192. The minimum atomic E-state index is -0.386. The maximum atomic E-state index is 12.2. The molecular weight excluding hydrogens is 248 g/mol. The van der Waals surface area contributed by atoms with Crippen LogP contribution in [0.1, 0.15) is 64.2 Å². The highest BCUT2D eigenvalue weighted by Crippen LogP contribution is 2.22. The largest absolute Gasteiger partial charge is 0.366 e. The lowest BCUT2D eigenvalue weighted by Crippen LogP contribution is -2.16. The predicted octanol–water partition coefficient (Wildman–Crippen LogP) is 4.72. The number of carbonyl (C=O) groups excluding carboxylic acids is 1. The fraction of sp³-hybridized carbons (Fsp3) is 0.611. The van der Waals surface area contributed by atoms with E-state index in [2.05, 4.69) is 32.9 Å². The molecule has 1 aromatic carbocycles. The van der Waals surface area contributed by atoms with Crippen molar-refractivity contribution in [1.82, 2.24) is 0 Å². The monoisotopic (exact) mass is 276 g/mol. The van der Waals surface area contributed by atoms with Gasteiger partial charge in [0.05, 0.1) is 0 Å². The van der Waals surface area contributed by atoms with Crippen LogP contribution >= 0.6 is 0 Å². The Kier molecular flexibility index (Phi) is 7.53. The highest BCUT2D eigenvalue weighted by atomic mass is 16.5. The van der Waals surface area contributed by atoms with Crippen LogP contribution in [0.4, 0.5) is 0 Å². The van der Waals surface area contributed by atoms with E-state index in [9.17, 15) is 4.79 Å². The molecule has 2 heteroatoms. The van der Waals surface area contributed by atoms with Gasteiger partial charge in [-0.25, -0.2) is 0 Å². The Labute approximate surface area is 123 Å². The maximum Gasteiger partial charge on any atom is 0.166 e. The van der Waals surface area contributed by atoms with E-state index in [1.807, 2.05) is 19.1 Å². The molecule has 0 saturated heterocycles. The summed E-state index contributed by atoms with van der Waals surface area (Å²) in [6, 6.07) is 8.34. The van der Waals surface area contributed by atoms with Crippen LogP contribution in [0.5, 0.6) is 0 Å². The molecule has 1 unspecified atom stereocenters. The van der Waals surface area contributed by atoms with Crippen LogP contribution in [0, 0.1) is 5.92 Å². The van der Waals surface area contributed by atoms with Gasteiger partial charge < -0.3 is 4.74 Å². The Morgan fingerprint density at radius 1 is 1.10 bits per heavy atom. The molecular formula is C18H28O2. The van der Waals surface area contributed by atoms with Crippen molar-refractivity contribution in [2.75, 3.05) is 6.61 Å². The van der Waals surface area contributed by atoms with Crippen molar-refractivity contribution in [2.24, 2.45) is 5.92 Å². The van der Waals surface area contributed by atoms with Gasteiger partial charge in [-0.1, -0.05) is 52.0 Å². The summed E-state index contributed by atoms with van der Waals surface area (Å²) in [5.74, 6) is 0.840. The highest BCUT2D eigenvalue weighted by Gasteiger charge is 2.20. The molecule has 0 heterocycles. The number of ketones is 1. The second-order valence-corrected chi connectivity index (χ2v) is 5.81. The summed E-state index contributed by atoms with van der Waals surface area (Å²) in [7, 11) is 0. The summed E-state index contributed by atoms with van der Waals surface area (Å²) in [5, 5.41) is 0. The first-order valence-electron chi connectivity index (χ1n) is 7.81. The van der Waals surface area contributed by atoms with Gasteiger partial charge in [-0.2, -0.15) is 0 Å². The number of ether oxygens (including phenoxy) is 1. The number of Topliss-reactive ketones (excluding diaryl/α,β-unsaturated/α-hetero) is 1. The molecule has 112 valence electrons. The summed E-state index contributed by atoms with van der Waals surface area (Å²) in [6.45, 7) is 9.15. The summed E-state index contributed by atoms with van der Waals surface area (Å²) < 4.78 is 5.76. The van der Waals surface area contributed by atoms with Gasteiger partial charge >= 0.3 is 0 Å². The standard InChI is InChI=1S/C18H28O2/c1-5-7-17(19)18(20-12-6-2)16-10-8-15(9-11-16)13-14(3)4/h8-11,14,18H,5-7,12-13H2,1-4H3. The quantitative estimate of drug-likeness (QED) is 0.652. The average molecular weight is 276 g/mol. The van der Waals surface area contributed by atoms with E-state index in [1.54, 1.807) is 0 Å². The Morgan fingerprint density at radius 3 is 2.25 bits per heavy atom. The van der Waals surface area contributed by atoms with Gasteiger partial charge in [-0.3, -0.25) is 4.79 Å². The fourth-order valence-electron chi connectivity index (χ4n) is 2.29. The van der Waals surface area contributed by atoms with E-state index < -0.39 is 0 Å². The van der Waals surface area contributed by atoms with Gasteiger partial charge in [-0.15, -0.1) is 0 Å². The van der Waals surface area contributed by atoms with Crippen LogP contribution in [0.2, 0.25) is 0 Å². The summed E-state index contributed by atoms with van der Waals surface area (Å²) >= 11 is 0. The molecule has 2 nitrogen and oxygen atoms in total. The third-order valence-electron chi connectivity index (χ3n) is 3.20. The van der Waals surface area contributed by atoms with Crippen molar-refractivity contribution in [1.29, 1.82) is 0 Å². The SMILES string of the molecule is CCCOC(C(=O)CCC)c1ccc(CC(C)C)cc1. The number of hydrogen-bond donors (Lipinski definition) is 0. The molecule has 0 saturated carbocycles. The van der Waals surface area contributed by atoms with Crippen LogP contribution in [-0.4, -0.2) is 12.4 Å². The van der Waals surface area contributed by atoms with Gasteiger partial charge in [0.25, 0.3) is 0 Å². The van der Waals surface area contributed by atoms with E-state index in [4.69, 9.17) is 4.74 Å². The molecule has 1 atom stereocenters. The lowest BCUT2D eigenvalue weighted by molar-refractivity contribution is -0.131. The molecule has 0 bridgehead atoms. The van der Waals surface area contributed by atoms with Crippen LogP contribution in [0.25, 0.3) is 0 Å². The summed E-state index contributed by atoms with van der Waals surface area (Å²) in [6.07, 6.45) is 3.08. The fourth-order valence-corrected chi connectivity index (χ4v) is 2.29. The molecule has 0 aliphatic heterocycles. The first-order chi connectivity index (χ1) is 9.58. The molecule has 0 aromatic heterocycles. The Morgan fingerprint density at radius 2 is 1.75 bits per heavy atom. The smallest absolute Gasteiger partial charge is 0.166 e. The molecule has 0 spiro atoms. The number of carbonyl (C=O) groups is 1. The van der Waals surface area contributed by atoms with E-state index in [1.165, 1.54) is 5.56 Å². The Balaban J connectivity index is 2.81.